The quantitative estimate of drug-likeness (QED) is 0.850. The molecule has 0 aliphatic heterocycles. The molecular weight excluding hydrogens is 254 g/mol. The number of thioether (sulfide) groups is 1. The van der Waals surface area contributed by atoms with Gasteiger partial charge in [0.05, 0.1) is 6.61 Å². The Bertz CT molecular complexity index is 526. The second-order valence-electron chi connectivity index (χ2n) is 3.84. The average molecular weight is 266 g/mol. The van der Waals surface area contributed by atoms with E-state index in [1.807, 2.05) is 24.3 Å². The fourth-order valence-electron chi connectivity index (χ4n) is 1.49. The maximum Gasteiger partial charge on any atom is 0.159 e. The van der Waals surface area contributed by atoms with Gasteiger partial charge in [0.2, 0.25) is 0 Å². The van der Waals surface area contributed by atoms with Crippen molar-refractivity contribution >= 4 is 11.8 Å². The standard InChI is InChI=1S/C14H12F2OS/c15-13-6-3-11(7-14(13)16)9-18-12-4-1-10(8-17)2-5-12/h1-7,17H,8-9H2. The highest BCUT2D eigenvalue weighted by atomic mass is 32.2. The van der Waals surface area contributed by atoms with E-state index in [1.54, 1.807) is 6.07 Å². The van der Waals surface area contributed by atoms with E-state index in [1.165, 1.54) is 17.8 Å². The average Bonchev–Trinajstić information content (AvgIpc) is 2.41. The van der Waals surface area contributed by atoms with E-state index in [4.69, 9.17) is 5.11 Å². The minimum atomic E-state index is -0.823. The van der Waals surface area contributed by atoms with Gasteiger partial charge in [-0.2, -0.15) is 0 Å². The van der Waals surface area contributed by atoms with Crippen molar-refractivity contribution in [2.24, 2.45) is 0 Å². The maximum atomic E-state index is 13.0. The van der Waals surface area contributed by atoms with Gasteiger partial charge in [-0.25, -0.2) is 8.78 Å². The van der Waals surface area contributed by atoms with Gasteiger partial charge in [0.25, 0.3) is 0 Å². The van der Waals surface area contributed by atoms with Gasteiger partial charge in [-0.3, -0.25) is 0 Å². The summed E-state index contributed by atoms with van der Waals surface area (Å²) in [5.41, 5.74) is 1.59. The fraction of sp³-hybridized carbons (Fsp3) is 0.143. The third kappa shape index (κ3) is 3.31. The van der Waals surface area contributed by atoms with Gasteiger partial charge in [-0.15, -0.1) is 11.8 Å². The highest BCUT2D eigenvalue weighted by Crippen LogP contribution is 2.23. The molecule has 0 fully saturated rings. The number of halogens is 2. The third-order valence-electron chi connectivity index (χ3n) is 2.50. The molecular formula is C14H12F2OS. The zero-order chi connectivity index (χ0) is 13.0. The molecule has 18 heavy (non-hydrogen) atoms. The van der Waals surface area contributed by atoms with Crippen molar-refractivity contribution in [3.63, 3.8) is 0 Å². The summed E-state index contributed by atoms with van der Waals surface area (Å²) in [5.74, 6) is -1.06. The molecule has 0 saturated carbocycles. The molecule has 0 radical (unpaired) electrons. The number of benzene rings is 2. The van der Waals surface area contributed by atoms with Crippen molar-refractivity contribution in [2.45, 2.75) is 17.3 Å². The van der Waals surface area contributed by atoms with Crippen molar-refractivity contribution < 1.29 is 13.9 Å². The largest absolute Gasteiger partial charge is 0.392 e. The van der Waals surface area contributed by atoms with Crippen LogP contribution in [0.25, 0.3) is 0 Å². The summed E-state index contributed by atoms with van der Waals surface area (Å²) in [4.78, 5) is 1.02. The monoisotopic (exact) mass is 266 g/mol. The van der Waals surface area contributed by atoms with Crippen LogP contribution in [-0.4, -0.2) is 5.11 Å². The van der Waals surface area contributed by atoms with Crippen LogP contribution in [-0.2, 0) is 12.4 Å². The van der Waals surface area contributed by atoms with E-state index in [2.05, 4.69) is 0 Å². The second-order valence-corrected chi connectivity index (χ2v) is 4.89. The van der Waals surface area contributed by atoms with Gasteiger partial charge in [0.15, 0.2) is 11.6 Å². The number of rotatable bonds is 4. The van der Waals surface area contributed by atoms with Crippen LogP contribution in [0.15, 0.2) is 47.4 Å². The molecule has 2 rings (SSSR count). The molecule has 94 valence electrons. The Hall–Kier alpha value is -1.39. The van der Waals surface area contributed by atoms with Crippen LogP contribution in [0.1, 0.15) is 11.1 Å². The molecule has 0 aliphatic carbocycles. The van der Waals surface area contributed by atoms with Crippen LogP contribution in [0.4, 0.5) is 8.78 Å². The summed E-state index contributed by atoms with van der Waals surface area (Å²) in [6.45, 7) is 0.0219. The molecule has 0 bridgehead atoms. The first-order valence-corrected chi connectivity index (χ1v) is 6.44. The molecule has 1 N–H and O–H groups in total. The predicted octanol–water partition coefficient (Wildman–Crippen LogP) is 3.75. The Morgan fingerprint density at radius 1 is 0.889 bits per heavy atom. The molecule has 0 aliphatic rings. The Morgan fingerprint density at radius 3 is 2.17 bits per heavy atom. The zero-order valence-electron chi connectivity index (χ0n) is 9.57. The van der Waals surface area contributed by atoms with Crippen molar-refractivity contribution in [2.75, 3.05) is 0 Å². The SMILES string of the molecule is OCc1ccc(SCc2ccc(F)c(F)c2)cc1. The Kier molecular flexibility index (Phi) is 4.33. The van der Waals surface area contributed by atoms with Gasteiger partial charge < -0.3 is 5.11 Å². The van der Waals surface area contributed by atoms with Crippen LogP contribution < -0.4 is 0 Å². The van der Waals surface area contributed by atoms with E-state index in [-0.39, 0.29) is 6.61 Å². The highest BCUT2D eigenvalue weighted by molar-refractivity contribution is 7.98. The Morgan fingerprint density at radius 2 is 1.56 bits per heavy atom. The summed E-state index contributed by atoms with van der Waals surface area (Å²) in [6, 6.07) is 11.4. The molecule has 0 amide bonds. The van der Waals surface area contributed by atoms with Crippen molar-refractivity contribution in [1.82, 2.24) is 0 Å². The van der Waals surface area contributed by atoms with Crippen LogP contribution >= 0.6 is 11.8 Å². The van der Waals surface area contributed by atoms with E-state index in [9.17, 15) is 8.78 Å². The summed E-state index contributed by atoms with van der Waals surface area (Å²) in [7, 11) is 0. The minimum Gasteiger partial charge on any atom is -0.392 e. The van der Waals surface area contributed by atoms with Crippen LogP contribution in [0.2, 0.25) is 0 Å². The van der Waals surface area contributed by atoms with Crippen LogP contribution in [0, 0.1) is 11.6 Å². The Balaban J connectivity index is 1.99. The summed E-state index contributed by atoms with van der Waals surface area (Å²) in [5, 5.41) is 8.91. The lowest BCUT2D eigenvalue weighted by atomic mass is 10.2. The number of aliphatic hydroxyl groups is 1. The van der Waals surface area contributed by atoms with E-state index >= 15 is 0 Å². The third-order valence-corrected chi connectivity index (χ3v) is 3.58. The van der Waals surface area contributed by atoms with Crippen LogP contribution in [0.5, 0.6) is 0 Å². The molecule has 0 spiro atoms. The lowest BCUT2D eigenvalue weighted by Gasteiger charge is -2.03. The first-order valence-electron chi connectivity index (χ1n) is 5.45. The predicted molar refractivity (Wildman–Crippen MR) is 68.3 cm³/mol. The van der Waals surface area contributed by atoms with Crippen molar-refractivity contribution in [3.05, 3.63) is 65.2 Å². The zero-order valence-corrected chi connectivity index (χ0v) is 10.4. The van der Waals surface area contributed by atoms with Crippen LogP contribution in [0.3, 0.4) is 0 Å². The Labute approximate surface area is 108 Å². The normalized spacial score (nSPS) is 10.6. The molecule has 4 heteroatoms. The van der Waals surface area contributed by atoms with E-state index in [0.717, 1.165) is 22.1 Å². The molecule has 2 aromatic rings. The molecule has 2 aromatic carbocycles. The van der Waals surface area contributed by atoms with E-state index < -0.39 is 11.6 Å². The summed E-state index contributed by atoms with van der Waals surface area (Å²) >= 11 is 1.54. The fourth-order valence-corrected chi connectivity index (χ4v) is 2.33. The van der Waals surface area contributed by atoms with Gasteiger partial charge in [-0.1, -0.05) is 18.2 Å². The molecule has 1 nitrogen and oxygen atoms in total. The lowest BCUT2D eigenvalue weighted by Crippen LogP contribution is -1.87. The molecule has 0 aromatic heterocycles. The number of hydrogen-bond acceptors (Lipinski definition) is 2. The van der Waals surface area contributed by atoms with Gasteiger partial charge in [0.1, 0.15) is 0 Å². The van der Waals surface area contributed by atoms with Crippen molar-refractivity contribution in [3.8, 4) is 0 Å². The van der Waals surface area contributed by atoms with E-state index in [0.29, 0.717) is 5.75 Å². The minimum absolute atomic E-state index is 0.0219. The highest BCUT2D eigenvalue weighted by Gasteiger charge is 2.03. The smallest absolute Gasteiger partial charge is 0.159 e. The maximum absolute atomic E-state index is 13.0. The van der Waals surface area contributed by atoms with Gasteiger partial charge in [0, 0.05) is 10.6 Å². The summed E-state index contributed by atoms with van der Waals surface area (Å²) < 4.78 is 25.7. The van der Waals surface area contributed by atoms with Gasteiger partial charge >= 0.3 is 0 Å². The summed E-state index contributed by atoms with van der Waals surface area (Å²) in [6.07, 6.45) is 0. The first-order chi connectivity index (χ1) is 8.69. The van der Waals surface area contributed by atoms with Gasteiger partial charge in [-0.05, 0) is 35.4 Å². The second kappa shape index (κ2) is 5.98. The number of hydrogen-bond donors (Lipinski definition) is 1. The molecule has 0 heterocycles. The number of aliphatic hydroxyl groups excluding tert-OH is 1. The molecule has 0 atom stereocenters. The molecule has 0 saturated heterocycles. The molecule has 0 unspecified atom stereocenters. The first kappa shape index (κ1) is 13.1. The van der Waals surface area contributed by atoms with Crippen molar-refractivity contribution in [1.29, 1.82) is 0 Å². The lowest BCUT2D eigenvalue weighted by molar-refractivity contribution is 0.282. The topological polar surface area (TPSA) is 20.2 Å².